The van der Waals surface area contributed by atoms with Crippen LogP contribution >= 0.6 is 0 Å². The molecule has 3 fully saturated rings. The molecule has 0 aliphatic carbocycles. The maximum Gasteiger partial charge on any atom is 0.0227 e. The number of rotatable bonds is 3. The van der Waals surface area contributed by atoms with Crippen molar-refractivity contribution in [2.24, 2.45) is 11.7 Å². The number of nitrogens with one attached hydrogen (secondary N) is 1. The van der Waals surface area contributed by atoms with E-state index in [1.165, 1.54) is 32.5 Å². The van der Waals surface area contributed by atoms with Crippen molar-refractivity contribution in [1.82, 2.24) is 10.2 Å². The lowest BCUT2D eigenvalue weighted by atomic mass is 9.84. The summed E-state index contributed by atoms with van der Waals surface area (Å²) < 4.78 is 0. The topological polar surface area (TPSA) is 41.3 Å². The zero-order chi connectivity index (χ0) is 9.26. The van der Waals surface area contributed by atoms with Gasteiger partial charge in [0.25, 0.3) is 0 Å². The molecule has 0 spiro atoms. The molecule has 0 aromatic heterocycles. The number of hydrogen-bond acceptors (Lipinski definition) is 3. The molecule has 0 aromatic carbocycles. The zero-order valence-corrected chi connectivity index (χ0v) is 8.50. The van der Waals surface area contributed by atoms with Gasteiger partial charge in [0.1, 0.15) is 0 Å². The Morgan fingerprint density at radius 2 is 2.15 bits per heavy atom. The van der Waals surface area contributed by atoms with Gasteiger partial charge in [0, 0.05) is 25.2 Å². The van der Waals surface area contributed by atoms with Crippen molar-refractivity contribution in [3.05, 3.63) is 0 Å². The predicted molar refractivity (Wildman–Crippen MR) is 54.6 cm³/mol. The second-order valence-corrected chi connectivity index (χ2v) is 4.55. The summed E-state index contributed by atoms with van der Waals surface area (Å²) in [6.07, 6.45) is 2.77. The molecule has 3 saturated heterocycles. The Morgan fingerprint density at radius 1 is 1.46 bits per heavy atom. The first-order valence-corrected chi connectivity index (χ1v) is 5.48. The van der Waals surface area contributed by atoms with Crippen LogP contribution in [0.25, 0.3) is 0 Å². The fourth-order valence-electron chi connectivity index (χ4n) is 2.59. The lowest BCUT2D eigenvalue weighted by molar-refractivity contribution is 0.0685. The Balaban J connectivity index is 1.86. The van der Waals surface area contributed by atoms with E-state index in [0.29, 0.717) is 12.1 Å². The van der Waals surface area contributed by atoms with Crippen LogP contribution in [0.3, 0.4) is 0 Å². The van der Waals surface area contributed by atoms with Crippen molar-refractivity contribution in [1.29, 1.82) is 0 Å². The molecule has 3 aliphatic heterocycles. The summed E-state index contributed by atoms with van der Waals surface area (Å²) in [5.41, 5.74) is 5.61. The van der Waals surface area contributed by atoms with Crippen LogP contribution in [0.15, 0.2) is 0 Å². The number of hydrogen-bond donors (Lipinski definition) is 2. The van der Waals surface area contributed by atoms with Crippen LogP contribution in [-0.4, -0.2) is 43.2 Å². The summed E-state index contributed by atoms with van der Waals surface area (Å²) >= 11 is 0. The number of nitrogens with zero attached hydrogens (tertiary/aromatic N) is 1. The second kappa shape index (κ2) is 3.95. The van der Waals surface area contributed by atoms with Crippen molar-refractivity contribution in [3.8, 4) is 0 Å². The average molecular weight is 183 g/mol. The van der Waals surface area contributed by atoms with E-state index in [4.69, 9.17) is 5.73 Å². The second-order valence-electron chi connectivity index (χ2n) is 4.55. The first-order chi connectivity index (χ1) is 6.29. The van der Waals surface area contributed by atoms with Gasteiger partial charge in [-0.3, -0.25) is 0 Å². The Morgan fingerprint density at radius 3 is 2.62 bits per heavy atom. The van der Waals surface area contributed by atoms with Crippen LogP contribution in [0, 0.1) is 5.92 Å². The third-order valence-electron chi connectivity index (χ3n) is 3.51. The molecule has 3 N–H and O–H groups in total. The molecule has 76 valence electrons. The minimum Gasteiger partial charge on any atom is -0.329 e. The van der Waals surface area contributed by atoms with Crippen LogP contribution in [0.1, 0.15) is 19.8 Å². The average Bonchev–Trinajstić information content (AvgIpc) is 2.19. The monoisotopic (exact) mass is 183 g/mol. The number of fused-ring (bicyclic) bond motifs is 3. The first-order valence-electron chi connectivity index (χ1n) is 5.48. The van der Waals surface area contributed by atoms with Gasteiger partial charge in [-0.1, -0.05) is 0 Å². The van der Waals surface area contributed by atoms with Crippen molar-refractivity contribution >= 4 is 0 Å². The molecule has 3 heterocycles. The molecule has 0 saturated carbocycles. The van der Waals surface area contributed by atoms with Gasteiger partial charge >= 0.3 is 0 Å². The van der Waals surface area contributed by atoms with E-state index in [-0.39, 0.29) is 0 Å². The predicted octanol–water partition coefficient (Wildman–Crippen LogP) is 0.0174. The molecule has 0 aromatic rings. The molecular weight excluding hydrogens is 162 g/mol. The molecule has 2 unspecified atom stereocenters. The fourth-order valence-corrected chi connectivity index (χ4v) is 2.59. The van der Waals surface area contributed by atoms with Gasteiger partial charge in [-0.25, -0.2) is 0 Å². The highest BCUT2D eigenvalue weighted by atomic mass is 15.2. The summed E-state index contributed by atoms with van der Waals surface area (Å²) in [5.74, 6) is 0.916. The maximum atomic E-state index is 5.61. The molecule has 3 aliphatic rings. The molecule has 0 amide bonds. The Bertz CT molecular complexity index is 164. The Labute approximate surface area is 80.7 Å². The van der Waals surface area contributed by atoms with E-state index in [2.05, 4.69) is 17.1 Å². The van der Waals surface area contributed by atoms with E-state index in [1.54, 1.807) is 0 Å². The van der Waals surface area contributed by atoms with E-state index in [1.807, 2.05) is 0 Å². The largest absolute Gasteiger partial charge is 0.329 e. The van der Waals surface area contributed by atoms with Crippen molar-refractivity contribution in [2.75, 3.05) is 26.2 Å². The van der Waals surface area contributed by atoms with E-state index >= 15 is 0 Å². The van der Waals surface area contributed by atoms with E-state index in [0.717, 1.165) is 12.5 Å². The highest BCUT2D eigenvalue weighted by Gasteiger charge is 2.34. The van der Waals surface area contributed by atoms with Crippen molar-refractivity contribution < 1.29 is 0 Å². The summed E-state index contributed by atoms with van der Waals surface area (Å²) in [6.45, 7) is 6.82. The summed E-state index contributed by atoms with van der Waals surface area (Å²) in [4.78, 5) is 2.57. The molecular formula is C10H21N3. The molecule has 13 heavy (non-hydrogen) atoms. The van der Waals surface area contributed by atoms with Gasteiger partial charge < -0.3 is 16.0 Å². The van der Waals surface area contributed by atoms with Gasteiger partial charge in [-0.2, -0.15) is 0 Å². The normalized spacial score (nSPS) is 40.6. The lowest BCUT2D eigenvalue weighted by Gasteiger charge is -2.46. The third-order valence-corrected chi connectivity index (χ3v) is 3.51. The van der Waals surface area contributed by atoms with Gasteiger partial charge in [0.15, 0.2) is 0 Å². The van der Waals surface area contributed by atoms with Gasteiger partial charge in [-0.05, 0) is 38.8 Å². The van der Waals surface area contributed by atoms with Crippen molar-refractivity contribution in [3.63, 3.8) is 0 Å². The van der Waals surface area contributed by atoms with E-state index in [9.17, 15) is 0 Å². The van der Waals surface area contributed by atoms with Crippen molar-refractivity contribution in [2.45, 2.75) is 31.8 Å². The Hall–Kier alpha value is -0.120. The van der Waals surface area contributed by atoms with Gasteiger partial charge in [0.05, 0.1) is 0 Å². The van der Waals surface area contributed by atoms with Crippen LogP contribution in [0.5, 0.6) is 0 Å². The smallest absolute Gasteiger partial charge is 0.0227 e. The first kappa shape index (κ1) is 9.44. The SMILES string of the molecule is CC(CN)NC1CN2CCC1CC2. The van der Waals surface area contributed by atoms with Crippen LogP contribution in [-0.2, 0) is 0 Å². The number of nitrogens with two attached hydrogens (primary N) is 1. The summed E-state index contributed by atoms with van der Waals surface area (Å²) in [7, 11) is 0. The minimum atomic E-state index is 0.477. The quantitative estimate of drug-likeness (QED) is 0.648. The summed E-state index contributed by atoms with van der Waals surface area (Å²) in [6, 6.07) is 1.19. The third kappa shape index (κ3) is 2.03. The lowest BCUT2D eigenvalue weighted by Crippen LogP contribution is -2.58. The molecule has 2 bridgehead atoms. The van der Waals surface area contributed by atoms with Gasteiger partial charge in [0.2, 0.25) is 0 Å². The van der Waals surface area contributed by atoms with Crippen LogP contribution in [0.2, 0.25) is 0 Å². The maximum absolute atomic E-state index is 5.61. The standard InChI is InChI=1S/C10H21N3/c1-8(6-11)12-10-7-13-4-2-9(10)3-5-13/h8-10,12H,2-7,11H2,1H3. The molecule has 3 rings (SSSR count). The summed E-state index contributed by atoms with van der Waals surface area (Å²) in [5, 5.41) is 3.63. The van der Waals surface area contributed by atoms with Crippen LogP contribution in [0.4, 0.5) is 0 Å². The zero-order valence-electron chi connectivity index (χ0n) is 8.50. The van der Waals surface area contributed by atoms with E-state index < -0.39 is 0 Å². The Kier molecular flexibility index (Phi) is 2.86. The van der Waals surface area contributed by atoms with Crippen LogP contribution < -0.4 is 11.1 Å². The van der Waals surface area contributed by atoms with Gasteiger partial charge in [-0.15, -0.1) is 0 Å². The molecule has 3 nitrogen and oxygen atoms in total. The molecule has 0 radical (unpaired) electrons. The highest BCUT2D eigenvalue weighted by Crippen LogP contribution is 2.27. The molecule has 3 heteroatoms. The fraction of sp³-hybridized carbons (Fsp3) is 1.00. The molecule has 2 atom stereocenters. The minimum absolute atomic E-state index is 0.477. The number of piperidine rings is 3. The highest BCUT2D eigenvalue weighted by molar-refractivity contribution is 4.91.